The van der Waals surface area contributed by atoms with Crippen LogP contribution in [0.25, 0.3) is 0 Å². The van der Waals surface area contributed by atoms with Crippen molar-refractivity contribution in [2.24, 2.45) is 0 Å². The van der Waals surface area contributed by atoms with Crippen LogP contribution in [0.1, 0.15) is 42.7 Å². The quantitative estimate of drug-likeness (QED) is 0.759. The van der Waals surface area contributed by atoms with E-state index in [-0.39, 0.29) is 5.91 Å². The zero-order valence-electron chi connectivity index (χ0n) is 15.2. The molecule has 0 bridgehead atoms. The van der Waals surface area contributed by atoms with Gasteiger partial charge in [0.15, 0.2) is 0 Å². The highest BCUT2D eigenvalue weighted by atomic mass is 16.5. The van der Waals surface area contributed by atoms with E-state index in [1.165, 1.54) is 0 Å². The summed E-state index contributed by atoms with van der Waals surface area (Å²) in [5.41, 5.74) is 1.29. The highest BCUT2D eigenvalue weighted by molar-refractivity contribution is 5.92. The lowest BCUT2D eigenvalue weighted by atomic mass is 10.2. The van der Waals surface area contributed by atoms with E-state index in [2.05, 4.69) is 34.0 Å². The molecular formula is C19H26N4O2. The summed E-state index contributed by atoms with van der Waals surface area (Å²) in [6, 6.07) is 9.25. The van der Waals surface area contributed by atoms with E-state index >= 15 is 0 Å². The number of carbonyl (C=O) groups is 1. The molecule has 0 aliphatic heterocycles. The molecule has 134 valence electrons. The number of anilines is 1. The van der Waals surface area contributed by atoms with Crippen LogP contribution in [0.2, 0.25) is 0 Å². The van der Waals surface area contributed by atoms with Gasteiger partial charge in [-0.3, -0.25) is 4.79 Å². The van der Waals surface area contributed by atoms with E-state index in [1.807, 2.05) is 24.3 Å². The lowest BCUT2D eigenvalue weighted by Crippen LogP contribution is -2.29. The number of rotatable bonds is 9. The SMILES string of the molecule is CCCN(CCC)c1nccc(C(=O)NCc2ccccc2OC)n1. The topological polar surface area (TPSA) is 67.4 Å². The molecule has 1 aromatic heterocycles. The standard InChI is InChI=1S/C19H26N4O2/c1-4-12-23(13-5-2)19-20-11-10-16(22-19)18(24)21-14-15-8-6-7-9-17(15)25-3/h6-11H,4-5,12-14H2,1-3H3,(H,21,24). The van der Waals surface area contributed by atoms with Crippen molar-refractivity contribution in [3.63, 3.8) is 0 Å². The minimum atomic E-state index is -0.220. The number of para-hydroxylation sites is 1. The van der Waals surface area contributed by atoms with Crippen LogP contribution < -0.4 is 15.0 Å². The molecule has 1 heterocycles. The van der Waals surface area contributed by atoms with Crippen LogP contribution in [0.4, 0.5) is 5.95 Å². The second-order valence-electron chi connectivity index (χ2n) is 5.72. The molecule has 1 aromatic carbocycles. The van der Waals surface area contributed by atoms with E-state index in [1.54, 1.807) is 19.4 Å². The van der Waals surface area contributed by atoms with Gasteiger partial charge in [-0.05, 0) is 25.0 Å². The first-order chi connectivity index (χ1) is 12.2. The van der Waals surface area contributed by atoms with Gasteiger partial charge in [-0.1, -0.05) is 32.0 Å². The molecule has 1 N–H and O–H groups in total. The van der Waals surface area contributed by atoms with Crippen LogP contribution >= 0.6 is 0 Å². The summed E-state index contributed by atoms with van der Waals surface area (Å²) >= 11 is 0. The Morgan fingerprint density at radius 3 is 2.56 bits per heavy atom. The molecule has 25 heavy (non-hydrogen) atoms. The summed E-state index contributed by atoms with van der Waals surface area (Å²) in [7, 11) is 1.62. The van der Waals surface area contributed by atoms with E-state index in [4.69, 9.17) is 4.74 Å². The van der Waals surface area contributed by atoms with Gasteiger partial charge in [0.2, 0.25) is 5.95 Å². The van der Waals surface area contributed by atoms with Gasteiger partial charge in [-0.15, -0.1) is 0 Å². The first-order valence-corrected chi connectivity index (χ1v) is 8.67. The first kappa shape index (κ1) is 18.7. The second-order valence-corrected chi connectivity index (χ2v) is 5.72. The fourth-order valence-corrected chi connectivity index (χ4v) is 2.59. The molecule has 6 nitrogen and oxygen atoms in total. The van der Waals surface area contributed by atoms with Crippen molar-refractivity contribution < 1.29 is 9.53 Å². The molecule has 2 rings (SSSR count). The molecule has 2 aromatic rings. The van der Waals surface area contributed by atoms with Crippen LogP contribution in [-0.2, 0) is 6.54 Å². The van der Waals surface area contributed by atoms with Crippen molar-refractivity contribution in [1.82, 2.24) is 15.3 Å². The van der Waals surface area contributed by atoms with E-state index in [9.17, 15) is 4.79 Å². The average Bonchev–Trinajstić information content (AvgIpc) is 2.66. The molecule has 0 aliphatic carbocycles. The number of aromatic nitrogens is 2. The predicted octanol–water partition coefficient (Wildman–Crippen LogP) is 3.04. The van der Waals surface area contributed by atoms with Gasteiger partial charge >= 0.3 is 0 Å². The van der Waals surface area contributed by atoms with E-state index < -0.39 is 0 Å². The maximum Gasteiger partial charge on any atom is 0.270 e. The summed E-state index contributed by atoms with van der Waals surface area (Å²) in [6.45, 7) is 6.37. The fourth-order valence-electron chi connectivity index (χ4n) is 2.59. The molecule has 0 atom stereocenters. The largest absolute Gasteiger partial charge is 0.496 e. The fraction of sp³-hybridized carbons (Fsp3) is 0.421. The summed E-state index contributed by atoms with van der Waals surface area (Å²) in [5.74, 6) is 1.14. The van der Waals surface area contributed by atoms with Crippen LogP contribution in [0.15, 0.2) is 36.5 Å². The monoisotopic (exact) mass is 342 g/mol. The van der Waals surface area contributed by atoms with Crippen molar-refractivity contribution in [1.29, 1.82) is 0 Å². The van der Waals surface area contributed by atoms with Crippen LogP contribution in [-0.4, -0.2) is 36.1 Å². The number of hydrogen-bond donors (Lipinski definition) is 1. The van der Waals surface area contributed by atoms with E-state index in [0.29, 0.717) is 18.2 Å². The highest BCUT2D eigenvalue weighted by Crippen LogP contribution is 2.17. The second kappa shape index (κ2) is 9.61. The van der Waals surface area contributed by atoms with Gasteiger partial charge in [-0.25, -0.2) is 9.97 Å². The molecule has 0 unspecified atom stereocenters. The van der Waals surface area contributed by atoms with E-state index in [0.717, 1.165) is 37.2 Å². The summed E-state index contributed by atoms with van der Waals surface area (Å²) in [5, 5.41) is 2.89. The van der Waals surface area contributed by atoms with Crippen LogP contribution in [0.5, 0.6) is 5.75 Å². The Kier molecular flexibility index (Phi) is 7.19. The molecule has 0 radical (unpaired) electrons. The number of methoxy groups -OCH3 is 1. The summed E-state index contributed by atoms with van der Waals surface area (Å²) < 4.78 is 5.30. The molecule has 0 aliphatic rings. The number of ether oxygens (including phenoxy) is 1. The number of carbonyl (C=O) groups excluding carboxylic acids is 1. The molecule has 0 fully saturated rings. The Labute approximate surface area is 149 Å². The number of hydrogen-bond acceptors (Lipinski definition) is 5. The molecular weight excluding hydrogens is 316 g/mol. The van der Waals surface area contributed by atoms with Gasteiger partial charge in [0.1, 0.15) is 11.4 Å². The molecule has 0 saturated carbocycles. The van der Waals surface area contributed by atoms with Crippen LogP contribution in [0, 0.1) is 0 Å². The number of nitrogens with one attached hydrogen (secondary N) is 1. The van der Waals surface area contributed by atoms with Crippen molar-refractivity contribution in [2.75, 3.05) is 25.1 Å². The zero-order valence-corrected chi connectivity index (χ0v) is 15.2. The molecule has 1 amide bonds. The van der Waals surface area contributed by atoms with Gasteiger partial charge < -0.3 is 15.0 Å². The smallest absolute Gasteiger partial charge is 0.270 e. The molecule has 6 heteroatoms. The third kappa shape index (κ3) is 5.17. The number of nitrogens with zero attached hydrogens (tertiary/aromatic N) is 3. The Hall–Kier alpha value is -2.63. The summed E-state index contributed by atoms with van der Waals surface area (Å²) in [4.78, 5) is 23.3. The average molecular weight is 342 g/mol. The van der Waals surface area contributed by atoms with Crippen molar-refractivity contribution in [3.05, 3.63) is 47.8 Å². The lowest BCUT2D eigenvalue weighted by Gasteiger charge is -2.21. The molecule has 0 saturated heterocycles. The van der Waals surface area contributed by atoms with Gasteiger partial charge in [0.25, 0.3) is 5.91 Å². The predicted molar refractivity (Wildman–Crippen MR) is 99.0 cm³/mol. The normalized spacial score (nSPS) is 10.4. The Morgan fingerprint density at radius 2 is 1.88 bits per heavy atom. The number of benzene rings is 1. The van der Waals surface area contributed by atoms with Crippen molar-refractivity contribution in [2.45, 2.75) is 33.2 Å². The minimum Gasteiger partial charge on any atom is -0.496 e. The van der Waals surface area contributed by atoms with Crippen molar-refractivity contribution >= 4 is 11.9 Å². The Balaban J connectivity index is 2.07. The zero-order chi connectivity index (χ0) is 18.1. The third-order valence-electron chi connectivity index (χ3n) is 3.78. The summed E-state index contributed by atoms with van der Waals surface area (Å²) in [6.07, 6.45) is 3.65. The molecule has 0 spiro atoms. The van der Waals surface area contributed by atoms with Crippen LogP contribution in [0.3, 0.4) is 0 Å². The first-order valence-electron chi connectivity index (χ1n) is 8.67. The maximum absolute atomic E-state index is 12.4. The van der Waals surface area contributed by atoms with Gasteiger partial charge in [-0.2, -0.15) is 0 Å². The maximum atomic E-state index is 12.4. The number of amides is 1. The van der Waals surface area contributed by atoms with Gasteiger partial charge in [0, 0.05) is 31.4 Å². The van der Waals surface area contributed by atoms with Crippen molar-refractivity contribution in [3.8, 4) is 5.75 Å². The highest BCUT2D eigenvalue weighted by Gasteiger charge is 2.13. The third-order valence-corrected chi connectivity index (χ3v) is 3.78. The Bertz CT molecular complexity index is 685. The minimum absolute atomic E-state index is 0.220. The lowest BCUT2D eigenvalue weighted by molar-refractivity contribution is 0.0945. The van der Waals surface area contributed by atoms with Gasteiger partial charge in [0.05, 0.1) is 7.11 Å². The Morgan fingerprint density at radius 1 is 1.16 bits per heavy atom.